The zero-order chi connectivity index (χ0) is 14.7. The maximum atomic E-state index is 12.6. The molecule has 2 heterocycles. The normalized spacial score (nSPS) is 25.3. The quantitative estimate of drug-likeness (QED) is 0.849. The van der Waals surface area contributed by atoms with Crippen molar-refractivity contribution in [2.24, 2.45) is 11.8 Å². The lowest BCUT2D eigenvalue weighted by molar-refractivity contribution is -0.127. The molecule has 0 spiro atoms. The molecule has 0 bridgehead atoms. The minimum Gasteiger partial charge on any atom is -0.306 e. The number of carbonyl (C=O) groups is 1. The van der Waals surface area contributed by atoms with Crippen LogP contribution >= 0.6 is 0 Å². The summed E-state index contributed by atoms with van der Waals surface area (Å²) in [4.78, 5) is 17.3. The Balaban J connectivity index is 1.47. The van der Waals surface area contributed by atoms with E-state index in [0.717, 1.165) is 52.0 Å². The lowest BCUT2D eigenvalue weighted by Gasteiger charge is -2.32. The Labute approximate surface area is 127 Å². The van der Waals surface area contributed by atoms with Crippen LogP contribution in [0.1, 0.15) is 24.8 Å². The number of Topliss-reactive ketones (excluding diaryl/α,β-unsaturated/α-hetero) is 1. The maximum absolute atomic E-state index is 12.6. The van der Waals surface area contributed by atoms with Crippen LogP contribution < -0.4 is 0 Å². The van der Waals surface area contributed by atoms with Gasteiger partial charge in [-0.2, -0.15) is 0 Å². The van der Waals surface area contributed by atoms with Crippen LogP contribution in [0.4, 0.5) is 0 Å². The first-order valence-corrected chi connectivity index (χ1v) is 8.21. The Morgan fingerprint density at radius 2 is 1.71 bits per heavy atom. The molecule has 1 aromatic rings. The van der Waals surface area contributed by atoms with Crippen molar-refractivity contribution in [1.82, 2.24) is 9.80 Å². The van der Waals surface area contributed by atoms with Crippen LogP contribution in [0, 0.1) is 11.8 Å². The van der Waals surface area contributed by atoms with Crippen molar-refractivity contribution in [3.05, 3.63) is 35.9 Å². The summed E-state index contributed by atoms with van der Waals surface area (Å²) in [5, 5.41) is 0. The van der Waals surface area contributed by atoms with E-state index in [1.165, 1.54) is 5.56 Å². The molecular formula is C18H26N2O. The van der Waals surface area contributed by atoms with Gasteiger partial charge in [0.15, 0.2) is 0 Å². The van der Waals surface area contributed by atoms with E-state index in [1.807, 2.05) is 0 Å². The van der Waals surface area contributed by atoms with E-state index < -0.39 is 0 Å². The van der Waals surface area contributed by atoms with E-state index >= 15 is 0 Å². The highest BCUT2D eigenvalue weighted by atomic mass is 16.1. The van der Waals surface area contributed by atoms with Crippen molar-refractivity contribution < 1.29 is 4.79 Å². The van der Waals surface area contributed by atoms with Gasteiger partial charge in [-0.3, -0.25) is 9.69 Å². The fraction of sp³-hybridized carbons (Fsp3) is 0.611. The van der Waals surface area contributed by atoms with Crippen molar-refractivity contribution in [2.75, 3.05) is 33.2 Å². The number of hydrogen-bond acceptors (Lipinski definition) is 3. The van der Waals surface area contributed by atoms with Crippen molar-refractivity contribution in [2.45, 2.75) is 25.8 Å². The van der Waals surface area contributed by atoms with Crippen LogP contribution in [0.15, 0.2) is 30.3 Å². The van der Waals surface area contributed by atoms with E-state index in [9.17, 15) is 4.79 Å². The molecule has 0 aliphatic carbocycles. The predicted octanol–water partition coefficient (Wildman–Crippen LogP) is 2.42. The molecule has 1 atom stereocenters. The van der Waals surface area contributed by atoms with Gasteiger partial charge < -0.3 is 4.90 Å². The second kappa shape index (κ2) is 6.71. The van der Waals surface area contributed by atoms with Crippen LogP contribution in [-0.2, 0) is 11.3 Å². The fourth-order valence-corrected chi connectivity index (χ4v) is 3.72. The Hall–Kier alpha value is -1.19. The lowest BCUT2D eigenvalue weighted by atomic mass is 9.85. The zero-order valence-corrected chi connectivity index (χ0v) is 13.0. The molecule has 2 aliphatic rings. The molecule has 0 amide bonds. The van der Waals surface area contributed by atoms with Gasteiger partial charge in [0, 0.05) is 24.9 Å². The second-order valence-electron chi connectivity index (χ2n) is 6.69. The number of carbonyl (C=O) groups excluding carboxylic acids is 1. The van der Waals surface area contributed by atoms with Crippen LogP contribution in [-0.4, -0.2) is 48.8 Å². The third-order valence-corrected chi connectivity index (χ3v) is 5.03. The standard InChI is InChI=1S/C18H26N2O/c1-19-10-7-17(14-19)18(21)16-8-11-20(12-9-16)13-15-5-3-2-4-6-15/h2-6,16-17H,7-14H2,1H3. The fourth-order valence-electron chi connectivity index (χ4n) is 3.72. The van der Waals surface area contributed by atoms with Crippen molar-refractivity contribution in [3.8, 4) is 0 Å². The van der Waals surface area contributed by atoms with E-state index in [-0.39, 0.29) is 0 Å². The number of ketones is 1. The number of likely N-dealkylation sites (tertiary alicyclic amines) is 2. The zero-order valence-electron chi connectivity index (χ0n) is 13.0. The van der Waals surface area contributed by atoms with Gasteiger partial charge in [0.05, 0.1) is 0 Å². The molecule has 2 fully saturated rings. The van der Waals surface area contributed by atoms with E-state index in [4.69, 9.17) is 0 Å². The highest BCUT2D eigenvalue weighted by molar-refractivity contribution is 5.84. The van der Waals surface area contributed by atoms with Gasteiger partial charge in [-0.15, -0.1) is 0 Å². The first-order chi connectivity index (χ1) is 10.2. The Morgan fingerprint density at radius 3 is 2.33 bits per heavy atom. The first kappa shape index (κ1) is 14.7. The minimum absolute atomic E-state index is 0.306. The van der Waals surface area contributed by atoms with E-state index in [2.05, 4.69) is 47.2 Å². The summed E-state index contributed by atoms with van der Waals surface area (Å²) in [7, 11) is 2.12. The number of piperidine rings is 1. The maximum Gasteiger partial charge on any atom is 0.140 e. The monoisotopic (exact) mass is 286 g/mol. The number of nitrogens with zero attached hydrogens (tertiary/aromatic N) is 2. The molecule has 2 aliphatic heterocycles. The van der Waals surface area contributed by atoms with Gasteiger partial charge in [0.1, 0.15) is 5.78 Å². The van der Waals surface area contributed by atoms with Crippen LogP contribution in [0.25, 0.3) is 0 Å². The molecule has 1 aromatic carbocycles. The third kappa shape index (κ3) is 3.72. The summed E-state index contributed by atoms with van der Waals surface area (Å²) in [5.41, 5.74) is 1.37. The summed E-state index contributed by atoms with van der Waals surface area (Å²) in [6.07, 6.45) is 3.16. The van der Waals surface area contributed by atoms with Gasteiger partial charge in [-0.05, 0) is 51.5 Å². The van der Waals surface area contributed by atoms with Gasteiger partial charge in [0.2, 0.25) is 0 Å². The highest BCUT2D eigenvalue weighted by Crippen LogP contribution is 2.26. The number of benzene rings is 1. The largest absolute Gasteiger partial charge is 0.306 e. The second-order valence-corrected chi connectivity index (χ2v) is 6.69. The molecule has 2 saturated heterocycles. The third-order valence-electron chi connectivity index (χ3n) is 5.03. The molecular weight excluding hydrogens is 260 g/mol. The Morgan fingerprint density at radius 1 is 1.05 bits per heavy atom. The Kier molecular flexibility index (Phi) is 4.71. The molecule has 21 heavy (non-hydrogen) atoms. The van der Waals surface area contributed by atoms with Gasteiger partial charge in [0.25, 0.3) is 0 Å². The summed E-state index contributed by atoms with van der Waals surface area (Å²) < 4.78 is 0. The predicted molar refractivity (Wildman–Crippen MR) is 85.1 cm³/mol. The highest BCUT2D eigenvalue weighted by Gasteiger charge is 2.33. The summed E-state index contributed by atoms with van der Waals surface area (Å²) >= 11 is 0. The van der Waals surface area contributed by atoms with Gasteiger partial charge in [-0.25, -0.2) is 0 Å². The minimum atomic E-state index is 0.306. The molecule has 3 rings (SSSR count). The van der Waals surface area contributed by atoms with Crippen LogP contribution in [0.2, 0.25) is 0 Å². The topological polar surface area (TPSA) is 23.6 Å². The van der Waals surface area contributed by atoms with Gasteiger partial charge >= 0.3 is 0 Å². The molecule has 0 aromatic heterocycles. The molecule has 114 valence electrons. The van der Waals surface area contributed by atoms with Crippen LogP contribution in [0.5, 0.6) is 0 Å². The molecule has 3 heteroatoms. The first-order valence-electron chi connectivity index (χ1n) is 8.21. The summed E-state index contributed by atoms with van der Waals surface area (Å²) in [6, 6.07) is 10.6. The molecule has 0 radical (unpaired) electrons. The van der Waals surface area contributed by atoms with E-state index in [0.29, 0.717) is 17.6 Å². The van der Waals surface area contributed by atoms with Crippen molar-refractivity contribution in [1.29, 1.82) is 0 Å². The van der Waals surface area contributed by atoms with Crippen molar-refractivity contribution >= 4 is 5.78 Å². The number of hydrogen-bond donors (Lipinski definition) is 0. The molecule has 3 nitrogen and oxygen atoms in total. The van der Waals surface area contributed by atoms with Crippen LogP contribution in [0.3, 0.4) is 0 Å². The summed E-state index contributed by atoms with van der Waals surface area (Å²) in [5.74, 6) is 1.16. The molecule has 1 unspecified atom stereocenters. The van der Waals surface area contributed by atoms with Gasteiger partial charge in [-0.1, -0.05) is 30.3 Å². The van der Waals surface area contributed by atoms with Crippen molar-refractivity contribution in [3.63, 3.8) is 0 Å². The SMILES string of the molecule is CN1CCC(C(=O)C2CCN(Cc3ccccc3)CC2)C1. The molecule has 0 saturated carbocycles. The molecule has 0 N–H and O–H groups in total. The lowest BCUT2D eigenvalue weighted by Crippen LogP contribution is -2.38. The average Bonchev–Trinajstić information content (AvgIpc) is 2.95. The number of rotatable bonds is 4. The Bertz CT molecular complexity index is 465. The summed E-state index contributed by atoms with van der Waals surface area (Å²) in [6.45, 7) is 5.21. The van der Waals surface area contributed by atoms with E-state index in [1.54, 1.807) is 0 Å². The smallest absolute Gasteiger partial charge is 0.140 e. The average molecular weight is 286 g/mol.